The summed E-state index contributed by atoms with van der Waals surface area (Å²) >= 11 is -2.92. The standard InChI is InChI=1S/C18H22FN2O4.3C4H9.Sn/c1-13-11-14(12-15(16(13)23-2)17(19)20-24-3)7-5-4-6-8-21-9-10-25-18(21)22;3*1-3-4-2;/h5,11-12H,4,6,8-10H2,1-3H3;3*1,3-4H2,2H3;/b7-5?,20-17-;;;;. The third-order valence-electron chi connectivity index (χ3n) is 7.61. The molecule has 1 fully saturated rings. The number of benzene rings is 1. The summed E-state index contributed by atoms with van der Waals surface area (Å²) < 4.78 is 31.2. The molecule has 6 nitrogen and oxygen atoms in total. The molecule has 214 valence electrons. The third-order valence-corrected chi connectivity index (χ3v) is 23.5. The second kappa shape index (κ2) is 17.0. The van der Waals surface area contributed by atoms with Gasteiger partial charge in [-0.3, -0.25) is 0 Å². The van der Waals surface area contributed by atoms with Crippen molar-refractivity contribution < 1.29 is 23.5 Å². The Kier molecular flexibility index (Phi) is 14.5. The number of ether oxygens (including phenoxy) is 2. The van der Waals surface area contributed by atoms with Crippen LogP contribution in [-0.2, 0) is 9.57 Å². The van der Waals surface area contributed by atoms with E-state index in [0.29, 0.717) is 31.0 Å². The van der Waals surface area contributed by atoms with Gasteiger partial charge in [-0.2, -0.15) is 0 Å². The third kappa shape index (κ3) is 8.88. The number of nitrogens with zero attached hydrogens (tertiary/aromatic N) is 2. The van der Waals surface area contributed by atoms with Gasteiger partial charge in [0.25, 0.3) is 0 Å². The predicted octanol–water partition coefficient (Wildman–Crippen LogP) is 8.29. The molecule has 0 unspecified atom stereocenters. The Morgan fingerprint density at radius 1 is 1.08 bits per heavy atom. The summed E-state index contributed by atoms with van der Waals surface area (Å²) in [4.78, 5) is 18.5. The van der Waals surface area contributed by atoms with E-state index in [9.17, 15) is 4.79 Å². The molecule has 2 rings (SSSR count). The van der Waals surface area contributed by atoms with Crippen molar-refractivity contribution in [2.75, 3.05) is 33.9 Å². The first-order valence-electron chi connectivity index (χ1n) is 14.5. The number of allylic oxidation sites excluding steroid dienone is 1. The number of amides is 1. The summed E-state index contributed by atoms with van der Waals surface area (Å²) in [6.07, 6.45) is 11.3. The van der Waals surface area contributed by atoms with Gasteiger partial charge in [0.2, 0.25) is 0 Å². The number of rotatable bonds is 18. The van der Waals surface area contributed by atoms with Crippen LogP contribution in [-0.4, -0.2) is 69.3 Å². The van der Waals surface area contributed by atoms with E-state index in [0.717, 1.165) is 24.0 Å². The van der Waals surface area contributed by atoms with Crippen LogP contribution in [0.15, 0.2) is 23.4 Å². The van der Waals surface area contributed by atoms with E-state index in [2.05, 4.69) is 38.1 Å². The van der Waals surface area contributed by atoms with Gasteiger partial charge >= 0.3 is 235 Å². The van der Waals surface area contributed by atoms with Gasteiger partial charge in [0.1, 0.15) is 0 Å². The van der Waals surface area contributed by atoms with Crippen LogP contribution in [0.5, 0.6) is 5.75 Å². The van der Waals surface area contributed by atoms with Gasteiger partial charge in [-0.15, -0.1) is 0 Å². The summed E-state index contributed by atoms with van der Waals surface area (Å²) in [5.41, 5.74) is 2.35. The molecule has 1 saturated heterocycles. The fraction of sp³-hybridized carbons (Fsp3) is 0.667. The molecule has 8 heteroatoms. The molecule has 0 saturated carbocycles. The van der Waals surface area contributed by atoms with E-state index in [1.165, 1.54) is 62.5 Å². The average Bonchev–Trinajstić information content (AvgIpc) is 3.32. The van der Waals surface area contributed by atoms with Gasteiger partial charge in [0, 0.05) is 0 Å². The molecule has 1 amide bonds. The monoisotopic (exact) mass is 640 g/mol. The van der Waals surface area contributed by atoms with Gasteiger partial charge in [-0.1, -0.05) is 0 Å². The van der Waals surface area contributed by atoms with Gasteiger partial charge < -0.3 is 0 Å². The maximum absolute atomic E-state index is 15.1. The van der Waals surface area contributed by atoms with Crippen molar-refractivity contribution >= 4 is 34.0 Å². The maximum atomic E-state index is 15.1. The van der Waals surface area contributed by atoms with Crippen LogP contribution in [0.25, 0.3) is 3.59 Å². The van der Waals surface area contributed by atoms with Crippen molar-refractivity contribution in [3.05, 3.63) is 34.9 Å². The van der Waals surface area contributed by atoms with Crippen molar-refractivity contribution in [2.45, 2.75) is 92.4 Å². The minimum absolute atomic E-state index is 0.208. The van der Waals surface area contributed by atoms with Crippen molar-refractivity contribution in [2.24, 2.45) is 5.16 Å². The van der Waals surface area contributed by atoms with Crippen LogP contribution in [0.1, 0.15) is 88.8 Å². The molecule has 1 aliphatic heterocycles. The average molecular weight is 639 g/mol. The van der Waals surface area contributed by atoms with E-state index in [-0.39, 0.29) is 6.09 Å². The number of unbranched alkanes of at least 4 members (excludes halogenated alkanes) is 4. The Balaban J connectivity index is 2.62. The molecule has 0 bridgehead atoms. The molecule has 1 aliphatic rings. The molecule has 0 radical (unpaired) electrons. The zero-order valence-corrected chi connectivity index (χ0v) is 27.4. The SMILES string of the molecule is CCC[CH2][Sn]([CH2]CCC)([CH2]CCC)/[C](=C/CCCN1CCOC1=O)c1cc(C)c(OC)c(/C(F)=N/OC)c1. The molecule has 0 atom stereocenters. The van der Waals surface area contributed by atoms with Crippen molar-refractivity contribution in [3.8, 4) is 5.75 Å². The van der Waals surface area contributed by atoms with Crippen LogP contribution < -0.4 is 4.74 Å². The van der Waals surface area contributed by atoms with E-state index >= 15 is 4.39 Å². The molecule has 0 aromatic heterocycles. The molecular formula is C30H49FN2O4Sn. The summed E-state index contributed by atoms with van der Waals surface area (Å²) in [6.45, 7) is 10.7. The number of halogens is 1. The number of cyclic esters (lactones) is 1. The topological polar surface area (TPSA) is 60.4 Å². The van der Waals surface area contributed by atoms with Crippen LogP contribution in [0, 0.1) is 6.92 Å². The van der Waals surface area contributed by atoms with Crippen LogP contribution in [0.3, 0.4) is 0 Å². The van der Waals surface area contributed by atoms with Gasteiger partial charge in [-0.05, 0) is 0 Å². The molecule has 1 aromatic rings. The van der Waals surface area contributed by atoms with E-state index in [4.69, 9.17) is 14.3 Å². The van der Waals surface area contributed by atoms with Crippen LogP contribution >= 0.6 is 0 Å². The van der Waals surface area contributed by atoms with Crippen LogP contribution in [0.2, 0.25) is 13.3 Å². The molecular weight excluding hydrogens is 590 g/mol. The fourth-order valence-corrected chi connectivity index (χ4v) is 22.7. The number of hydrogen-bond acceptors (Lipinski definition) is 5. The summed E-state index contributed by atoms with van der Waals surface area (Å²) in [6, 6.07) is 4.12. The number of carbonyl (C=O) groups is 1. The van der Waals surface area contributed by atoms with Crippen molar-refractivity contribution in [1.29, 1.82) is 0 Å². The molecule has 0 N–H and O–H groups in total. The number of carbonyl (C=O) groups excluding carboxylic acids is 1. The Morgan fingerprint density at radius 3 is 2.21 bits per heavy atom. The zero-order chi connectivity index (χ0) is 28.0. The summed E-state index contributed by atoms with van der Waals surface area (Å²) in [5, 5.41) is 3.60. The predicted molar refractivity (Wildman–Crippen MR) is 157 cm³/mol. The number of oxime groups is 1. The molecule has 1 heterocycles. The first kappa shape index (κ1) is 32.4. The molecule has 0 aliphatic carbocycles. The van der Waals surface area contributed by atoms with Crippen molar-refractivity contribution in [3.63, 3.8) is 0 Å². The van der Waals surface area contributed by atoms with Gasteiger partial charge in [0.05, 0.1) is 0 Å². The fourth-order valence-electron chi connectivity index (χ4n) is 5.61. The second-order valence-corrected chi connectivity index (χ2v) is 23.5. The first-order valence-corrected chi connectivity index (χ1v) is 21.9. The summed E-state index contributed by atoms with van der Waals surface area (Å²) in [7, 11) is 2.92. The van der Waals surface area contributed by atoms with E-state index in [1.54, 1.807) is 12.0 Å². The Morgan fingerprint density at radius 2 is 1.71 bits per heavy atom. The number of hydrogen-bond donors (Lipinski definition) is 0. The Labute approximate surface area is 233 Å². The molecule has 38 heavy (non-hydrogen) atoms. The minimum atomic E-state index is -2.92. The van der Waals surface area contributed by atoms with Gasteiger partial charge in [-0.25, -0.2) is 0 Å². The second-order valence-electron chi connectivity index (χ2n) is 10.4. The van der Waals surface area contributed by atoms with Gasteiger partial charge in [0.15, 0.2) is 0 Å². The molecule has 0 spiro atoms. The zero-order valence-electron chi connectivity index (χ0n) is 24.5. The number of methoxy groups -OCH3 is 1. The van der Waals surface area contributed by atoms with E-state index in [1.807, 2.05) is 13.0 Å². The number of aryl methyl sites for hydroxylation is 1. The molecule has 1 aromatic carbocycles. The van der Waals surface area contributed by atoms with Crippen molar-refractivity contribution in [1.82, 2.24) is 4.90 Å². The van der Waals surface area contributed by atoms with Crippen LogP contribution in [0.4, 0.5) is 9.18 Å². The van der Waals surface area contributed by atoms with E-state index < -0.39 is 24.3 Å². The quantitative estimate of drug-likeness (QED) is 0.0702. The first-order chi connectivity index (χ1) is 18.4. The Hall–Kier alpha value is -1.77. The summed E-state index contributed by atoms with van der Waals surface area (Å²) in [5.74, 6) is -0.173. The Bertz CT molecular complexity index is 929. The normalized spacial score (nSPS) is 14.7.